The number of benzene rings is 1. The zero-order chi connectivity index (χ0) is 20.4. The summed E-state index contributed by atoms with van der Waals surface area (Å²) in [4.78, 5) is 2.23. The monoisotopic (exact) mass is 392 g/mol. The molecule has 6 heteroatoms. The van der Waals surface area contributed by atoms with Crippen LogP contribution in [-0.4, -0.2) is 37.0 Å². The molecule has 4 aromatic rings. The number of hydrogen-bond acceptors (Lipinski definition) is 4. The second-order valence-electron chi connectivity index (χ2n) is 7.79. The summed E-state index contributed by atoms with van der Waals surface area (Å²) in [7, 11) is 2.07. The number of fused-ring (bicyclic) bond motifs is 1. The lowest BCUT2D eigenvalue weighted by atomic mass is 10.1. The standard InChI is InChI=1S/C23H28N4O2/c1-17-11-18(2)27(24-17)15-20(28)14-26(16-21-7-6-10-29-21)13-19-12-25(3)23-9-5-4-8-22(19)23/h4-12,20,28H,13-16H2,1-3H3/t20-/m1/s1. The van der Waals surface area contributed by atoms with E-state index in [-0.39, 0.29) is 0 Å². The van der Waals surface area contributed by atoms with E-state index >= 15 is 0 Å². The Morgan fingerprint density at radius 1 is 1.14 bits per heavy atom. The van der Waals surface area contributed by atoms with Crippen molar-refractivity contribution in [3.05, 3.63) is 77.6 Å². The molecule has 1 aromatic carbocycles. The summed E-state index contributed by atoms with van der Waals surface area (Å²) in [5.41, 5.74) is 4.49. The molecule has 29 heavy (non-hydrogen) atoms. The molecule has 1 atom stereocenters. The van der Waals surface area contributed by atoms with Gasteiger partial charge in [0.1, 0.15) is 5.76 Å². The molecule has 0 amide bonds. The Hall–Kier alpha value is -2.83. The maximum atomic E-state index is 10.8. The Bertz CT molecular complexity index is 1080. The first-order valence-corrected chi connectivity index (χ1v) is 9.96. The predicted octanol–water partition coefficient (Wildman–Crippen LogP) is 3.65. The number of aromatic nitrogens is 3. The molecular formula is C23H28N4O2. The Morgan fingerprint density at radius 2 is 1.97 bits per heavy atom. The molecule has 0 aliphatic heterocycles. The summed E-state index contributed by atoms with van der Waals surface area (Å²) in [6.07, 6.45) is 3.34. The van der Waals surface area contributed by atoms with Gasteiger partial charge >= 0.3 is 0 Å². The molecule has 0 saturated heterocycles. The normalized spacial score (nSPS) is 12.9. The van der Waals surface area contributed by atoms with Crippen LogP contribution in [0.3, 0.4) is 0 Å². The van der Waals surface area contributed by atoms with E-state index in [2.05, 4.69) is 52.1 Å². The van der Waals surface area contributed by atoms with Gasteiger partial charge in [-0.2, -0.15) is 5.10 Å². The van der Waals surface area contributed by atoms with Gasteiger partial charge in [0.15, 0.2) is 0 Å². The van der Waals surface area contributed by atoms with Crippen molar-refractivity contribution in [2.24, 2.45) is 7.05 Å². The smallest absolute Gasteiger partial charge is 0.117 e. The molecule has 1 N–H and O–H groups in total. The van der Waals surface area contributed by atoms with Gasteiger partial charge in [0.2, 0.25) is 0 Å². The molecule has 0 spiro atoms. The molecule has 0 bridgehead atoms. The lowest BCUT2D eigenvalue weighted by molar-refractivity contribution is 0.0841. The van der Waals surface area contributed by atoms with Gasteiger partial charge in [0.25, 0.3) is 0 Å². The summed E-state index contributed by atoms with van der Waals surface area (Å²) in [6.45, 7) is 6.37. The highest BCUT2D eigenvalue weighted by molar-refractivity contribution is 5.83. The molecule has 3 heterocycles. The highest BCUT2D eigenvalue weighted by Crippen LogP contribution is 2.23. The molecule has 0 fully saturated rings. The molecule has 152 valence electrons. The quantitative estimate of drug-likeness (QED) is 0.497. The fourth-order valence-corrected chi connectivity index (χ4v) is 4.02. The van der Waals surface area contributed by atoms with E-state index in [1.54, 1.807) is 6.26 Å². The van der Waals surface area contributed by atoms with Gasteiger partial charge in [0, 0.05) is 42.9 Å². The minimum atomic E-state index is -0.530. The van der Waals surface area contributed by atoms with E-state index in [4.69, 9.17) is 4.42 Å². The summed E-state index contributed by atoms with van der Waals surface area (Å²) in [5, 5.41) is 16.5. The number of aliphatic hydroxyl groups excluding tert-OH is 1. The van der Waals surface area contributed by atoms with Crippen molar-refractivity contribution in [3.8, 4) is 0 Å². The van der Waals surface area contributed by atoms with E-state index in [0.717, 1.165) is 23.7 Å². The third-order valence-corrected chi connectivity index (χ3v) is 5.29. The molecule has 3 aromatic heterocycles. The SMILES string of the molecule is Cc1cc(C)n(C[C@H](O)CN(Cc2ccco2)Cc2cn(C)c3ccccc23)n1. The van der Waals surface area contributed by atoms with E-state index in [1.807, 2.05) is 36.7 Å². The summed E-state index contributed by atoms with van der Waals surface area (Å²) in [6, 6.07) is 14.3. The van der Waals surface area contributed by atoms with Gasteiger partial charge < -0.3 is 14.1 Å². The van der Waals surface area contributed by atoms with Crippen LogP contribution < -0.4 is 0 Å². The minimum Gasteiger partial charge on any atom is -0.468 e. The summed E-state index contributed by atoms with van der Waals surface area (Å²) in [5.74, 6) is 0.892. The van der Waals surface area contributed by atoms with Crippen molar-refractivity contribution in [3.63, 3.8) is 0 Å². The molecule has 0 saturated carbocycles. The van der Waals surface area contributed by atoms with Gasteiger partial charge in [0.05, 0.1) is 31.2 Å². The maximum absolute atomic E-state index is 10.8. The molecule has 0 radical (unpaired) electrons. The van der Waals surface area contributed by atoms with E-state index in [0.29, 0.717) is 19.6 Å². The number of aliphatic hydroxyl groups is 1. The lowest BCUT2D eigenvalue weighted by Gasteiger charge is -2.24. The fraction of sp³-hybridized carbons (Fsp3) is 0.348. The molecule has 4 rings (SSSR count). The third kappa shape index (κ3) is 4.44. The molecular weight excluding hydrogens is 364 g/mol. The first-order chi connectivity index (χ1) is 14.0. The first-order valence-electron chi connectivity index (χ1n) is 9.96. The zero-order valence-electron chi connectivity index (χ0n) is 17.2. The van der Waals surface area contributed by atoms with E-state index in [1.165, 1.54) is 16.5 Å². The van der Waals surface area contributed by atoms with Crippen LogP contribution in [0, 0.1) is 13.8 Å². The number of rotatable bonds is 8. The van der Waals surface area contributed by atoms with Gasteiger partial charge in [-0.1, -0.05) is 18.2 Å². The number of aryl methyl sites for hydroxylation is 3. The van der Waals surface area contributed by atoms with Crippen molar-refractivity contribution in [2.75, 3.05) is 6.54 Å². The number of furan rings is 1. The second kappa shape index (κ2) is 8.27. The number of hydrogen-bond donors (Lipinski definition) is 1. The third-order valence-electron chi connectivity index (χ3n) is 5.29. The summed E-state index contributed by atoms with van der Waals surface area (Å²) < 4.78 is 9.60. The number of para-hydroxylation sites is 1. The van der Waals surface area contributed by atoms with Crippen LogP contribution in [0.25, 0.3) is 10.9 Å². The molecule has 6 nitrogen and oxygen atoms in total. The highest BCUT2D eigenvalue weighted by Gasteiger charge is 2.18. The van der Waals surface area contributed by atoms with E-state index < -0.39 is 6.10 Å². The van der Waals surface area contributed by atoms with Crippen molar-refractivity contribution in [1.29, 1.82) is 0 Å². The number of nitrogens with zero attached hydrogens (tertiary/aromatic N) is 4. The van der Waals surface area contributed by atoms with Crippen LogP contribution in [0.4, 0.5) is 0 Å². The van der Waals surface area contributed by atoms with Crippen molar-refractivity contribution < 1.29 is 9.52 Å². The van der Waals surface area contributed by atoms with Crippen LogP contribution in [0.1, 0.15) is 22.7 Å². The molecule has 0 aliphatic rings. The van der Waals surface area contributed by atoms with Gasteiger partial charge in [-0.25, -0.2) is 0 Å². The van der Waals surface area contributed by atoms with Crippen LogP contribution in [0.5, 0.6) is 0 Å². The van der Waals surface area contributed by atoms with Crippen LogP contribution >= 0.6 is 0 Å². The Morgan fingerprint density at radius 3 is 2.69 bits per heavy atom. The Kier molecular flexibility index (Phi) is 5.56. The summed E-state index contributed by atoms with van der Waals surface area (Å²) >= 11 is 0. The maximum Gasteiger partial charge on any atom is 0.117 e. The van der Waals surface area contributed by atoms with Crippen LogP contribution in [0.2, 0.25) is 0 Å². The predicted molar refractivity (Wildman–Crippen MR) is 113 cm³/mol. The average Bonchev–Trinajstić information content (AvgIpc) is 3.37. The topological polar surface area (TPSA) is 59.4 Å². The second-order valence-corrected chi connectivity index (χ2v) is 7.79. The first kappa shape index (κ1) is 19.5. The zero-order valence-corrected chi connectivity index (χ0v) is 17.2. The fourth-order valence-electron chi connectivity index (χ4n) is 4.02. The Labute approximate surface area is 171 Å². The van der Waals surface area contributed by atoms with Gasteiger partial charge in [-0.05, 0) is 43.7 Å². The Balaban J connectivity index is 1.53. The van der Waals surface area contributed by atoms with Crippen molar-refractivity contribution in [1.82, 2.24) is 19.2 Å². The van der Waals surface area contributed by atoms with Crippen LogP contribution in [-0.2, 0) is 26.7 Å². The molecule has 0 unspecified atom stereocenters. The van der Waals surface area contributed by atoms with Crippen LogP contribution in [0.15, 0.2) is 59.3 Å². The van der Waals surface area contributed by atoms with Crippen molar-refractivity contribution in [2.45, 2.75) is 39.6 Å². The highest BCUT2D eigenvalue weighted by atomic mass is 16.3. The van der Waals surface area contributed by atoms with Gasteiger partial charge in [-0.3, -0.25) is 9.58 Å². The minimum absolute atomic E-state index is 0.476. The van der Waals surface area contributed by atoms with E-state index in [9.17, 15) is 5.11 Å². The van der Waals surface area contributed by atoms with Gasteiger partial charge in [-0.15, -0.1) is 0 Å². The molecule has 0 aliphatic carbocycles. The average molecular weight is 393 g/mol. The lowest BCUT2D eigenvalue weighted by Crippen LogP contribution is -2.34. The largest absolute Gasteiger partial charge is 0.468 e. The van der Waals surface area contributed by atoms with Crippen molar-refractivity contribution >= 4 is 10.9 Å².